The second kappa shape index (κ2) is 8.58. The average Bonchev–Trinajstić information content (AvgIpc) is 2.55. The van der Waals surface area contributed by atoms with Gasteiger partial charge in [-0.1, -0.05) is 29.8 Å². The van der Waals surface area contributed by atoms with Crippen LogP contribution in [0.15, 0.2) is 48.5 Å². The first-order chi connectivity index (χ1) is 12.1. The lowest BCUT2D eigenvalue weighted by Gasteiger charge is -2.27. The molecule has 0 amide bonds. The molecule has 0 aromatic heterocycles. The van der Waals surface area contributed by atoms with Crippen LogP contribution in [0.25, 0.3) is 0 Å². The minimum absolute atomic E-state index is 0.171. The van der Waals surface area contributed by atoms with E-state index in [1.165, 1.54) is 0 Å². The highest BCUT2D eigenvalue weighted by atomic mass is 32.2. The molecule has 0 aliphatic carbocycles. The van der Waals surface area contributed by atoms with Crippen molar-refractivity contribution in [3.8, 4) is 11.5 Å². The lowest BCUT2D eigenvalue weighted by Crippen LogP contribution is -2.41. The number of rotatable bonds is 7. The van der Waals surface area contributed by atoms with Crippen LogP contribution in [0.5, 0.6) is 11.5 Å². The van der Waals surface area contributed by atoms with Crippen LogP contribution in [0.1, 0.15) is 44.4 Å². The van der Waals surface area contributed by atoms with Crippen molar-refractivity contribution in [3.63, 3.8) is 0 Å². The third-order valence-corrected chi connectivity index (χ3v) is 5.31. The molecule has 2 rings (SSSR count). The Morgan fingerprint density at radius 1 is 1.19 bits per heavy atom. The van der Waals surface area contributed by atoms with Gasteiger partial charge in [0.15, 0.2) is 0 Å². The summed E-state index contributed by atoms with van der Waals surface area (Å²) in [6.07, 6.45) is -0.171. The molecule has 140 valence electrons. The van der Waals surface area contributed by atoms with E-state index in [0.717, 1.165) is 11.1 Å². The van der Waals surface area contributed by atoms with Crippen LogP contribution in [0.3, 0.4) is 0 Å². The molecular weight excluding hydrogens is 350 g/mol. The maximum atomic E-state index is 12.4. The smallest absolute Gasteiger partial charge is 0.305 e. The number of aryl methyl sites for hydroxylation is 1. The van der Waals surface area contributed by atoms with Gasteiger partial charge >= 0.3 is 5.97 Å². The van der Waals surface area contributed by atoms with Crippen molar-refractivity contribution in [1.82, 2.24) is 4.72 Å². The summed E-state index contributed by atoms with van der Waals surface area (Å²) in [7, 11) is 0. The van der Waals surface area contributed by atoms with Gasteiger partial charge in [0.1, 0.15) is 16.2 Å². The summed E-state index contributed by atoms with van der Waals surface area (Å²) in [5, 5.41) is 9.22. The molecule has 0 heterocycles. The van der Waals surface area contributed by atoms with Crippen LogP contribution in [-0.4, -0.2) is 20.4 Å². The molecule has 2 aromatic carbocycles. The van der Waals surface area contributed by atoms with E-state index in [4.69, 9.17) is 4.74 Å². The second-order valence-corrected chi connectivity index (χ2v) is 9.13. The highest BCUT2D eigenvalue weighted by Gasteiger charge is 2.31. The van der Waals surface area contributed by atoms with Crippen LogP contribution in [0.4, 0.5) is 0 Å². The van der Waals surface area contributed by atoms with Gasteiger partial charge in [-0.2, -0.15) is 0 Å². The van der Waals surface area contributed by atoms with Gasteiger partial charge in [-0.3, -0.25) is 4.79 Å². The summed E-state index contributed by atoms with van der Waals surface area (Å²) >= 11 is -1.39. The molecule has 0 saturated heterocycles. The van der Waals surface area contributed by atoms with Gasteiger partial charge in [0.05, 0.1) is 12.5 Å². The van der Waals surface area contributed by atoms with Crippen LogP contribution in [-0.2, 0) is 16.2 Å². The summed E-state index contributed by atoms with van der Waals surface area (Å²) in [4.78, 5) is 11.3. The SMILES string of the molecule is Cc1ccc(Oc2cccc(C(CC(=O)O)N[S+]([O-])C(C)(C)C)c2)cc1. The van der Waals surface area contributed by atoms with Crippen molar-refractivity contribution in [2.45, 2.75) is 44.9 Å². The van der Waals surface area contributed by atoms with E-state index in [-0.39, 0.29) is 6.42 Å². The highest BCUT2D eigenvalue weighted by Crippen LogP contribution is 2.28. The molecule has 2 unspecified atom stereocenters. The van der Waals surface area contributed by atoms with Crippen LogP contribution < -0.4 is 9.46 Å². The Balaban J connectivity index is 2.22. The van der Waals surface area contributed by atoms with E-state index < -0.39 is 28.1 Å². The quantitative estimate of drug-likeness (QED) is 0.703. The number of benzene rings is 2. The van der Waals surface area contributed by atoms with Crippen molar-refractivity contribution in [2.75, 3.05) is 0 Å². The lowest BCUT2D eigenvalue weighted by atomic mass is 10.0. The molecule has 2 aromatic rings. The number of carbonyl (C=O) groups is 1. The predicted molar refractivity (Wildman–Crippen MR) is 104 cm³/mol. The Hall–Kier alpha value is -2.02. The van der Waals surface area contributed by atoms with E-state index in [2.05, 4.69) is 4.72 Å². The van der Waals surface area contributed by atoms with Crippen molar-refractivity contribution in [3.05, 3.63) is 59.7 Å². The van der Waals surface area contributed by atoms with Crippen LogP contribution >= 0.6 is 0 Å². The average molecular weight is 375 g/mol. The van der Waals surface area contributed by atoms with Gasteiger partial charge < -0.3 is 14.4 Å². The molecule has 6 heteroatoms. The summed E-state index contributed by atoms with van der Waals surface area (Å²) in [6, 6.07) is 14.3. The summed E-state index contributed by atoms with van der Waals surface area (Å²) in [6.45, 7) is 7.52. The van der Waals surface area contributed by atoms with Gasteiger partial charge in [-0.15, -0.1) is 4.72 Å². The van der Waals surface area contributed by atoms with E-state index >= 15 is 0 Å². The fourth-order valence-corrected chi connectivity index (χ4v) is 3.08. The Morgan fingerprint density at radius 2 is 1.85 bits per heavy atom. The number of hydrogen-bond acceptors (Lipinski definition) is 4. The van der Waals surface area contributed by atoms with Crippen LogP contribution in [0.2, 0.25) is 0 Å². The number of ether oxygens (including phenoxy) is 1. The van der Waals surface area contributed by atoms with E-state index in [1.54, 1.807) is 12.1 Å². The third kappa shape index (κ3) is 6.05. The fraction of sp³-hybridized carbons (Fsp3) is 0.350. The zero-order chi connectivity index (χ0) is 19.3. The first kappa shape index (κ1) is 20.3. The molecule has 26 heavy (non-hydrogen) atoms. The maximum Gasteiger partial charge on any atom is 0.305 e. The maximum absolute atomic E-state index is 12.4. The number of nitrogens with one attached hydrogen (secondary N) is 1. The zero-order valence-corrected chi connectivity index (χ0v) is 16.3. The molecule has 0 aliphatic rings. The minimum Gasteiger partial charge on any atom is -0.598 e. The summed E-state index contributed by atoms with van der Waals surface area (Å²) in [5.74, 6) is 0.345. The van der Waals surface area contributed by atoms with E-state index in [0.29, 0.717) is 11.5 Å². The van der Waals surface area contributed by atoms with Crippen LogP contribution in [0, 0.1) is 6.92 Å². The largest absolute Gasteiger partial charge is 0.598 e. The highest BCUT2D eigenvalue weighted by molar-refractivity contribution is 7.90. The zero-order valence-electron chi connectivity index (χ0n) is 15.5. The van der Waals surface area contributed by atoms with Gasteiger partial charge in [-0.25, -0.2) is 0 Å². The predicted octanol–water partition coefficient (Wildman–Crippen LogP) is 4.35. The fourth-order valence-electron chi connectivity index (χ4n) is 2.25. The first-order valence-corrected chi connectivity index (χ1v) is 9.54. The van der Waals surface area contributed by atoms with Crippen molar-refractivity contribution < 1.29 is 19.2 Å². The monoisotopic (exact) mass is 375 g/mol. The van der Waals surface area contributed by atoms with E-state index in [9.17, 15) is 14.5 Å². The standard InChI is InChI=1S/C20H25NO4S/c1-14-8-10-16(11-9-14)25-17-7-5-6-15(12-17)18(13-19(22)23)21-26(24)20(2,3)4/h5-12,18,21H,13H2,1-4H3,(H,22,23). The second-order valence-electron chi connectivity index (χ2n) is 7.14. The molecule has 0 radical (unpaired) electrons. The lowest BCUT2D eigenvalue weighted by molar-refractivity contribution is -0.137. The van der Waals surface area contributed by atoms with Crippen molar-refractivity contribution in [1.29, 1.82) is 0 Å². The van der Waals surface area contributed by atoms with Gasteiger partial charge in [-0.05, 0) is 57.5 Å². The normalized spacial score (nSPS) is 13.9. The molecule has 5 nitrogen and oxygen atoms in total. The molecule has 2 atom stereocenters. The number of aliphatic carboxylic acids is 1. The van der Waals surface area contributed by atoms with Crippen molar-refractivity contribution >= 4 is 17.3 Å². The molecule has 2 N–H and O–H groups in total. The van der Waals surface area contributed by atoms with Gasteiger partial charge in [0.25, 0.3) is 0 Å². The number of carboxylic acid groups (broad SMARTS) is 1. The topological polar surface area (TPSA) is 81.6 Å². The molecule has 0 bridgehead atoms. The summed E-state index contributed by atoms with van der Waals surface area (Å²) < 4.78 is 20.7. The van der Waals surface area contributed by atoms with Gasteiger partial charge in [0.2, 0.25) is 0 Å². The van der Waals surface area contributed by atoms with E-state index in [1.807, 2.05) is 64.1 Å². The minimum atomic E-state index is -1.39. The summed E-state index contributed by atoms with van der Waals surface area (Å²) in [5.41, 5.74) is 1.86. The molecule has 0 fully saturated rings. The molecular formula is C20H25NO4S. The Bertz CT molecular complexity index is 740. The number of hydrogen-bond donors (Lipinski definition) is 2. The molecule has 0 saturated carbocycles. The molecule has 0 spiro atoms. The van der Waals surface area contributed by atoms with Gasteiger partial charge in [0, 0.05) is 11.4 Å². The number of carboxylic acids is 1. The first-order valence-electron chi connectivity index (χ1n) is 8.39. The Morgan fingerprint density at radius 3 is 2.42 bits per heavy atom. The molecule has 0 aliphatic heterocycles. The van der Waals surface area contributed by atoms with Crippen molar-refractivity contribution in [2.24, 2.45) is 0 Å². The Kier molecular flexibility index (Phi) is 6.69. The third-order valence-electron chi connectivity index (χ3n) is 3.70. The Labute approximate surface area is 157 Å².